The van der Waals surface area contributed by atoms with Crippen LogP contribution in [-0.4, -0.2) is 24.7 Å². The minimum atomic E-state index is 0.237. The second kappa shape index (κ2) is 6.03. The molecule has 112 valence electrons. The number of rotatable bonds is 5. The quantitative estimate of drug-likeness (QED) is 0.921. The van der Waals surface area contributed by atoms with Crippen LogP contribution in [0, 0.1) is 0 Å². The molecule has 21 heavy (non-hydrogen) atoms. The molecule has 0 radical (unpaired) electrons. The third kappa shape index (κ3) is 2.89. The van der Waals surface area contributed by atoms with E-state index in [-0.39, 0.29) is 6.10 Å². The topological polar surface area (TPSA) is 43.4 Å². The first-order valence-electron chi connectivity index (χ1n) is 7.27. The first-order chi connectivity index (χ1) is 10.2. The molecule has 1 aliphatic heterocycles. The summed E-state index contributed by atoms with van der Waals surface area (Å²) in [7, 11) is 1.94. The second-order valence-corrected chi connectivity index (χ2v) is 6.30. The summed E-state index contributed by atoms with van der Waals surface area (Å²) < 4.78 is 11.7. The molecule has 1 aliphatic rings. The number of hydrogen-bond acceptors (Lipinski definition) is 5. The monoisotopic (exact) mass is 304 g/mol. The van der Waals surface area contributed by atoms with Gasteiger partial charge < -0.3 is 14.8 Å². The Morgan fingerprint density at radius 2 is 2.33 bits per heavy atom. The lowest BCUT2D eigenvalue weighted by atomic mass is 10.1. The number of nitrogens with zero attached hydrogens (tertiary/aromatic N) is 1. The molecule has 0 bridgehead atoms. The maximum absolute atomic E-state index is 5.87. The minimum Gasteiger partial charge on any atom is -0.493 e. The number of nitrogens with one attached hydrogen (secondary N) is 1. The highest BCUT2D eigenvalue weighted by atomic mass is 32.1. The summed E-state index contributed by atoms with van der Waals surface area (Å²) in [6.45, 7) is 5.58. The third-order valence-electron chi connectivity index (χ3n) is 3.43. The van der Waals surface area contributed by atoms with E-state index in [1.54, 1.807) is 11.3 Å². The van der Waals surface area contributed by atoms with E-state index in [2.05, 4.69) is 29.4 Å². The molecule has 1 unspecified atom stereocenters. The Labute approximate surface area is 129 Å². The van der Waals surface area contributed by atoms with Crippen LogP contribution in [0.1, 0.15) is 24.3 Å². The standard InChI is InChI=1S/C16H20N2O2S/c1-4-19-15-6-11-5-10(2)20-14(11)7-13(15)16-18-9-12(21-16)8-17-3/h6-7,9-10,17H,4-5,8H2,1-3H3. The highest BCUT2D eigenvalue weighted by Crippen LogP contribution is 2.41. The van der Waals surface area contributed by atoms with Crippen molar-refractivity contribution in [1.82, 2.24) is 10.3 Å². The summed E-state index contributed by atoms with van der Waals surface area (Å²) in [4.78, 5) is 5.75. The molecular weight excluding hydrogens is 284 g/mol. The average molecular weight is 304 g/mol. The molecule has 1 aromatic carbocycles. The van der Waals surface area contributed by atoms with Gasteiger partial charge >= 0.3 is 0 Å². The fourth-order valence-corrected chi connectivity index (χ4v) is 3.51. The molecule has 0 fully saturated rings. The van der Waals surface area contributed by atoms with Crippen LogP contribution >= 0.6 is 11.3 Å². The lowest BCUT2D eigenvalue weighted by Gasteiger charge is -2.10. The van der Waals surface area contributed by atoms with Gasteiger partial charge in [-0.3, -0.25) is 0 Å². The molecule has 2 aromatic rings. The second-order valence-electron chi connectivity index (χ2n) is 5.18. The summed E-state index contributed by atoms with van der Waals surface area (Å²) in [6, 6.07) is 4.18. The van der Waals surface area contributed by atoms with E-state index in [4.69, 9.17) is 9.47 Å². The van der Waals surface area contributed by atoms with Crippen molar-refractivity contribution < 1.29 is 9.47 Å². The van der Waals surface area contributed by atoms with Crippen LogP contribution in [0.3, 0.4) is 0 Å². The maximum atomic E-state index is 5.87. The SMILES string of the molecule is CCOc1cc2c(cc1-c1ncc(CNC)s1)OC(C)C2. The molecule has 5 heteroatoms. The van der Waals surface area contributed by atoms with Gasteiger partial charge in [-0.15, -0.1) is 11.3 Å². The first-order valence-corrected chi connectivity index (χ1v) is 8.09. The summed E-state index contributed by atoms with van der Waals surface area (Å²) >= 11 is 1.69. The Kier molecular flexibility index (Phi) is 4.12. The molecule has 3 rings (SSSR count). The fourth-order valence-electron chi connectivity index (χ4n) is 2.57. The van der Waals surface area contributed by atoms with Gasteiger partial charge in [0.25, 0.3) is 0 Å². The molecule has 1 atom stereocenters. The number of fused-ring (bicyclic) bond motifs is 1. The van der Waals surface area contributed by atoms with Crippen LogP contribution in [0.2, 0.25) is 0 Å². The van der Waals surface area contributed by atoms with Crippen LogP contribution in [0.4, 0.5) is 0 Å². The predicted octanol–water partition coefficient (Wildman–Crippen LogP) is 3.25. The van der Waals surface area contributed by atoms with Gasteiger partial charge in [0.1, 0.15) is 22.6 Å². The molecule has 4 nitrogen and oxygen atoms in total. The molecular formula is C16H20N2O2S. The number of aromatic nitrogens is 1. The summed E-state index contributed by atoms with van der Waals surface area (Å²) in [6.07, 6.45) is 3.10. The van der Waals surface area contributed by atoms with Crippen LogP contribution in [0.5, 0.6) is 11.5 Å². The normalized spacial score (nSPS) is 16.6. The maximum Gasteiger partial charge on any atom is 0.130 e. The molecule has 0 spiro atoms. The number of benzene rings is 1. The Morgan fingerprint density at radius 1 is 1.48 bits per heavy atom. The van der Waals surface area contributed by atoms with Gasteiger partial charge in [0.15, 0.2) is 0 Å². The molecule has 0 amide bonds. The van der Waals surface area contributed by atoms with E-state index in [1.807, 2.05) is 20.2 Å². The van der Waals surface area contributed by atoms with Crippen molar-refractivity contribution >= 4 is 11.3 Å². The lowest BCUT2D eigenvalue weighted by molar-refractivity contribution is 0.254. The average Bonchev–Trinajstić information content (AvgIpc) is 3.04. The Hall–Kier alpha value is -1.59. The highest BCUT2D eigenvalue weighted by molar-refractivity contribution is 7.15. The third-order valence-corrected chi connectivity index (χ3v) is 4.46. The van der Waals surface area contributed by atoms with Crippen LogP contribution in [0.15, 0.2) is 18.3 Å². The fraction of sp³-hybridized carbons (Fsp3) is 0.438. The first kappa shape index (κ1) is 14.4. The lowest BCUT2D eigenvalue weighted by Crippen LogP contribution is -2.05. The summed E-state index contributed by atoms with van der Waals surface area (Å²) in [5.41, 5.74) is 2.25. The Bertz CT molecular complexity index is 639. The van der Waals surface area contributed by atoms with Crippen molar-refractivity contribution in [3.63, 3.8) is 0 Å². The number of ether oxygens (including phenoxy) is 2. The van der Waals surface area contributed by atoms with Crippen molar-refractivity contribution in [1.29, 1.82) is 0 Å². The summed E-state index contributed by atoms with van der Waals surface area (Å²) in [5.74, 6) is 1.87. The molecule has 0 saturated carbocycles. The van der Waals surface area contributed by atoms with Gasteiger partial charge in [0.2, 0.25) is 0 Å². The van der Waals surface area contributed by atoms with Gasteiger partial charge in [-0.2, -0.15) is 0 Å². The van der Waals surface area contributed by atoms with Gasteiger partial charge in [-0.25, -0.2) is 4.98 Å². The van der Waals surface area contributed by atoms with E-state index in [1.165, 1.54) is 10.4 Å². The Balaban J connectivity index is 2.01. The van der Waals surface area contributed by atoms with Crippen LogP contribution in [0.25, 0.3) is 10.6 Å². The van der Waals surface area contributed by atoms with Crippen molar-refractivity contribution in [2.45, 2.75) is 32.9 Å². The van der Waals surface area contributed by atoms with Gasteiger partial charge in [-0.1, -0.05) is 0 Å². The van der Waals surface area contributed by atoms with Gasteiger partial charge in [0, 0.05) is 29.6 Å². The largest absolute Gasteiger partial charge is 0.493 e. The minimum absolute atomic E-state index is 0.237. The number of hydrogen-bond donors (Lipinski definition) is 1. The van der Waals surface area contributed by atoms with Crippen LogP contribution < -0.4 is 14.8 Å². The van der Waals surface area contributed by atoms with E-state index >= 15 is 0 Å². The van der Waals surface area contributed by atoms with E-state index in [9.17, 15) is 0 Å². The van der Waals surface area contributed by atoms with Gasteiger partial charge in [-0.05, 0) is 33.0 Å². The number of thiazole rings is 1. The highest BCUT2D eigenvalue weighted by Gasteiger charge is 2.23. The van der Waals surface area contributed by atoms with E-state index in [0.717, 1.165) is 35.0 Å². The predicted molar refractivity (Wildman–Crippen MR) is 85.3 cm³/mol. The van der Waals surface area contributed by atoms with E-state index < -0.39 is 0 Å². The molecule has 2 heterocycles. The van der Waals surface area contributed by atoms with Gasteiger partial charge in [0.05, 0.1) is 12.2 Å². The van der Waals surface area contributed by atoms with Crippen molar-refractivity contribution in [3.8, 4) is 22.1 Å². The summed E-state index contributed by atoms with van der Waals surface area (Å²) in [5, 5.41) is 4.13. The zero-order valence-corrected chi connectivity index (χ0v) is 13.4. The van der Waals surface area contributed by atoms with Crippen molar-refractivity contribution in [2.75, 3.05) is 13.7 Å². The van der Waals surface area contributed by atoms with E-state index in [0.29, 0.717) is 6.61 Å². The molecule has 0 saturated heterocycles. The van der Waals surface area contributed by atoms with Crippen molar-refractivity contribution in [2.24, 2.45) is 0 Å². The van der Waals surface area contributed by atoms with Crippen molar-refractivity contribution in [3.05, 3.63) is 28.8 Å². The zero-order chi connectivity index (χ0) is 14.8. The molecule has 1 aromatic heterocycles. The molecule has 0 aliphatic carbocycles. The smallest absolute Gasteiger partial charge is 0.130 e. The Morgan fingerprint density at radius 3 is 3.10 bits per heavy atom. The zero-order valence-electron chi connectivity index (χ0n) is 12.6. The molecule has 1 N–H and O–H groups in total. The van der Waals surface area contributed by atoms with Crippen LogP contribution in [-0.2, 0) is 13.0 Å².